The van der Waals surface area contributed by atoms with E-state index in [1.54, 1.807) is 6.20 Å². The van der Waals surface area contributed by atoms with Gasteiger partial charge in [-0.1, -0.05) is 12.1 Å². The number of fused-ring (bicyclic) bond motifs is 1. The molecule has 0 unspecified atom stereocenters. The maximum atomic E-state index is 9.26. The molecule has 0 saturated heterocycles. The van der Waals surface area contributed by atoms with Crippen LogP contribution in [0.25, 0.3) is 10.9 Å². The van der Waals surface area contributed by atoms with Crippen LogP contribution in [0, 0.1) is 11.3 Å². The molecule has 1 aliphatic rings. The van der Waals surface area contributed by atoms with Crippen LogP contribution in [0.2, 0.25) is 0 Å². The van der Waals surface area contributed by atoms with Gasteiger partial charge >= 0.3 is 0 Å². The molecule has 0 amide bonds. The fraction of sp³-hybridized carbons (Fsp3) is 0.375. The molecule has 0 spiro atoms. The molecule has 0 bridgehead atoms. The number of nitrogens with two attached hydrogens (primary N) is 1. The molecule has 2 N–H and O–H groups in total. The zero-order valence-electron chi connectivity index (χ0n) is 11.2. The summed E-state index contributed by atoms with van der Waals surface area (Å²) in [5.41, 5.74) is 7.27. The Bertz CT molecular complexity index is 654. The first-order valence-electron chi connectivity index (χ1n) is 6.98. The van der Waals surface area contributed by atoms with E-state index >= 15 is 0 Å². The van der Waals surface area contributed by atoms with Gasteiger partial charge in [-0.2, -0.15) is 5.26 Å². The van der Waals surface area contributed by atoms with E-state index in [9.17, 15) is 5.26 Å². The second-order valence-electron chi connectivity index (χ2n) is 5.28. The number of nitrogens with zero attached hydrogens (tertiary/aromatic N) is 2. The summed E-state index contributed by atoms with van der Waals surface area (Å²) in [4.78, 5) is 4.30. The Balaban J connectivity index is 1.95. The minimum atomic E-state index is 0.146. The minimum Gasteiger partial charge on any atom is -0.488 e. The predicted octanol–water partition coefficient (Wildman–Crippen LogP) is 2.76. The summed E-state index contributed by atoms with van der Waals surface area (Å²) in [5.74, 6) is 0.665. The van der Waals surface area contributed by atoms with Crippen LogP contribution in [0.4, 0.5) is 0 Å². The third-order valence-electron chi connectivity index (χ3n) is 3.85. The van der Waals surface area contributed by atoms with E-state index in [4.69, 9.17) is 10.5 Å². The van der Waals surface area contributed by atoms with Gasteiger partial charge in [0.2, 0.25) is 0 Å². The molecule has 1 fully saturated rings. The Morgan fingerprint density at radius 3 is 2.70 bits per heavy atom. The van der Waals surface area contributed by atoms with Crippen molar-refractivity contribution < 1.29 is 4.74 Å². The highest BCUT2D eigenvalue weighted by Crippen LogP contribution is 2.31. The number of hydrogen-bond donors (Lipinski definition) is 1. The van der Waals surface area contributed by atoms with E-state index in [1.165, 1.54) is 0 Å². The third-order valence-corrected chi connectivity index (χ3v) is 3.85. The van der Waals surface area contributed by atoms with E-state index in [0.717, 1.165) is 36.6 Å². The largest absolute Gasteiger partial charge is 0.488 e. The smallest absolute Gasteiger partial charge is 0.148 e. The lowest BCUT2D eigenvalue weighted by molar-refractivity contribution is 0.148. The van der Waals surface area contributed by atoms with Crippen LogP contribution in [-0.2, 0) is 0 Å². The van der Waals surface area contributed by atoms with Gasteiger partial charge in [0.05, 0.1) is 11.6 Å². The van der Waals surface area contributed by atoms with Crippen LogP contribution in [0.1, 0.15) is 31.2 Å². The first-order valence-corrected chi connectivity index (χ1v) is 6.98. The number of pyridine rings is 1. The average Bonchev–Trinajstić information content (AvgIpc) is 2.50. The maximum absolute atomic E-state index is 9.26. The maximum Gasteiger partial charge on any atom is 0.148 e. The molecule has 4 nitrogen and oxygen atoms in total. The lowest BCUT2D eigenvalue weighted by Crippen LogP contribution is -2.31. The van der Waals surface area contributed by atoms with Gasteiger partial charge in [-0.3, -0.25) is 4.98 Å². The highest BCUT2D eigenvalue weighted by molar-refractivity contribution is 5.87. The summed E-state index contributed by atoms with van der Waals surface area (Å²) >= 11 is 0. The summed E-state index contributed by atoms with van der Waals surface area (Å²) in [7, 11) is 0. The third kappa shape index (κ3) is 2.45. The minimum absolute atomic E-state index is 0.146. The van der Waals surface area contributed by atoms with Crippen molar-refractivity contribution in [3.8, 4) is 11.8 Å². The number of ether oxygens (including phenoxy) is 1. The fourth-order valence-corrected chi connectivity index (χ4v) is 2.70. The van der Waals surface area contributed by atoms with Crippen LogP contribution in [-0.4, -0.2) is 17.1 Å². The lowest BCUT2D eigenvalue weighted by atomic mass is 9.93. The number of aromatic nitrogens is 1. The summed E-state index contributed by atoms with van der Waals surface area (Å²) in [6, 6.07) is 10.2. The normalized spacial score (nSPS) is 22.4. The average molecular weight is 267 g/mol. The molecule has 1 aromatic heterocycles. The van der Waals surface area contributed by atoms with Gasteiger partial charge in [0, 0.05) is 17.6 Å². The Kier molecular flexibility index (Phi) is 3.53. The molecule has 0 atom stereocenters. The molecule has 0 radical (unpaired) electrons. The molecule has 102 valence electrons. The summed E-state index contributed by atoms with van der Waals surface area (Å²) in [5, 5.41) is 10.2. The van der Waals surface area contributed by atoms with Crippen molar-refractivity contribution in [3.63, 3.8) is 0 Å². The molecule has 1 saturated carbocycles. The SMILES string of the molecule is N#Cc1cnc2ccccc2c1OC1CCC(N)CC1. The van der Waals surface area contributed by atoms with Gasteiger partial charge in [-0.25, -0.2) is 0 Å². The van der Waals surface area contributed by atoms with Crippen molar-refractivity contribution >= 4 is 10.9 Å². The van der Waals surface area contributed by atoms with E-state index in [-0.39, 0.29) is 6.10 Å². The topological polar surface area (TPSA) is 71.9 Å². The molecular weight excluding hydrogens is 250 g/mol. The van der Waals surface area contributed by atoms with E-state index in [0.29, 0.717) is 17.4 Å². The van der Waals surface area contributed by atoms with Gasteiger partial charge in [0.1, 0.15) is 17.4 Å². The Morgan fingerprint density at radius 1 is 1.20 bits per heavy atom. The van der Waals surface area contributed by atoms with Crippen molar-refractivity contribution in [1.29, 1.82) is 5.26 Å². The number of benzene rings is 1. The van der Waals surface area contributed by atoms with Crippen molar-refractivity contribution in [3.05, 3.63) is 36.0 Å². The molecule has 4 heteroatoms. The second kappa shape index (κ2) is 5.48. The molecule has 20 heavy (non-hydrogen) atoms. The molecular formula is C16H17N3O. The van der Waals surface area contributed by atoms with Crippen molar-refractivity contribution in [1.82, 2.24) is 4.98 Å². The van der Waals surface area contributed by atoms with Crippen LogP contribution < -0.4 is 10.5 Å². The van der Waals surface area contributed by atoms with Crippen LogP contribution in [0.3, 0.4) is 0 Å². The highest BCUT2D eigenvalue weighted by Gasteiger charge is 2.22. The Hall–Kier alpha value is -2.12. The van der Waals surface area contributed by atoms with Crippen LogP contribution in [0.5, 0.6) is 5.75 Å². The molecule has 3 rings (SSSR count). The van der Waals surface area contributed by atoms with Crippen LogP contribution in [0.15, 0.2) is 30.5 Å². The standard InChI is InChI=1S/C16H17N3O/c17-9-11-10-19-15-4-2-1-3-14(15)16(11)20-13-7-5-12(18)6-8-13/h1-4,10,12-13H,5-8,18H2. The van der Waals surface area contributed by atoms with Gasteiger partial charge in [0.15, 0.2) is 0 Å². The van der Waals surface area contributed by atoms with Crippen molar-refractivity contribution in [2.24, 2.45) is 5.73 Å². The molecule has 1 aromatic carbocycles. The Labute approximate surface area is 118 Å². The van der Waals surface area contributed by atoms with Gasteiger partial charge < -0.3 is 10.5 Å². The summed E-state index contributed by atoms with van der Waals surface area (Å²) in [6.45, 7) is 0. The zero-order chi connectivity index (χ0) is 13.9. The fourth-order valence-electron chi connectivity index (χ4n) is 2.70. The van der Waals surface area contributed by atoms with Crippen molar-refractivity contribution in [2.75, 3.05) is 0 Å². The van der Waals surface area contributed by atoms with E-state index in [2.05, 4.69) is 11.1 Å². The van der Waals surface area contributed by atoms with E-state index < -0.39 is 0 Å². The number of nitriles is 1. The number of hydrogen-bond acceptors (Lipinski definition) is 4. The van der Waals surface area contributed by atoms with Gasteiger partial charge in [-0.15, -0.1) is 0 Å². The molecule has 1 aliphatic carbocycles. The summed E-state index contributed by atoms with van der Waals surface area (Å²) in [6.07, 6.45) is 5.59. The highest BCUT2D eigenvalue weighted by atomic mass is 16.5. The summed E-state index contributed by atoms with van der Waals surface area (Å²) < 4.78 is 6.12. The van der Waals surface area contributed by atoms with Gasteiger partial charge in [0.25, 0.3) is 0 Å². The van der Waals surface area contributed by atoms with Crippen LogP contribution >= 0.6 is 0 Å². The first-order chi connectivity index (χ1) is 9.78. The number of para-hydroxylation sites is 1. The zero-order valence-corrected chi connectivity index (χ0v) is 11.2. The predicted molar refractivity (Wildman–Crippen MR) is 77.3 cm³/mol. The van der Waals surface area contributed by atoms with Crippen molar-refractivity contribution in [2.45, 2.75) is 37.8 Å². The first kappa shape index (κ1) is 12.9. The number of rotatable bonds is 2. The van der Waals surface area contributed by atoms with E-state index in [1.807, 2.05) is 24.3 Å². The monoisotopic (exact) mass is 267 g/mol. The van der Waals surface area contributed by atoms with Gasteiger partial charge in [-0.05, 0) is 37.8 Å². The molecule has 2 aromatic rings. The molecule has 1 heterocycles. The Morgan fingerprint density at radius 2 is 1.95 bits per heavy atom. The lowest BCUT2D eigenvalue weighted by Gasteiger charge is -2.27. The second-order valence-corrected chi connectivity index (χ2v) is 5.28. The molecule has 0 aliphatic heterocycles. The quantitative estimate of drug-likeness (QED) is 0.908.